The molecule has 1 amide bonds. The Balaban J connectivity index is 2.89. The predicted molar refractivity (Wildman–Crippen MR) is 56.3 cm³/mol. The van der Waals surface area contributed by atoms with Gasteiger partial charge in [0.25, 0.3) is 5.91 Å². The molecule has 0 bridgehead atoms. The van der Waals surface area contributed by atoms with E-state index in [0.29, 0.717) is 17.8 Å². The van der Waals surface area contributed by atoms with Crippen molar-refractivity contribution in [1.82, 2.24) is 15.8 Å². The summed E-state index contributed by atoms with van der Waals surface area (Å²) in [6.07, 6.45) is 0. The molecule has 1 aliphatic heterocycles. The van der Waals surface area contributed by atoms with Gasteiger partial charge >= 0.3 is 0 Å². The number of nitrogens with one attached hydrogen (secondary N) is 2. The van der Waals surface area contributed by atoms with Crippen LogP contribution in [0, 0.1) is 11.3 Å². The molecule has 5 nitrogen and oxygen atoms in total. The molecular weight excluding hydrogens is 192 g/mol. The van der Waals surface area contributed by atoms with Gasteiger partial charge in [-0.25, -0.2) is 5.01 Å². The minimum absolute atomic E-state index is 0.127. The monoisotopic (exact) mass is 208 g/mol. The molecule has 0 fully saturated rings. The molecule has 82 valence electrons. The van der Waals surface area contributed by atoms with Crippen LogP contribution in [0.1, 0.15) is 20.8 Å². The van der Waals surface area contributed by atoms with Gasteiger partial charge in [-0.05, 0) is 20.8 Å². The van der Waals surface area contributed by atoms with Crippen molar-refractivity contribution in [3.05, 3.63) is 11.3 Å². The summed E-state index contributed by atoms with van der Waals surface area (Å²) in [7, 11) is 1.56. The Labute approximate surface area is 89.7 Å². The largest absolute Gasteiger partial charge is 0.355 e. The van der Waals surface area contributed by atoms with Crippen LogP contribution in [-0.4, -0.2) is 30.0 Å². The van der Waals surface area contributed by atoms with Gasteiger partial charge in [-0.3, -0.25) is 4.79 Å². The van der Waals surface area contributed by atoms with Gasteiger partial charge in [-0.2, -0.15) is 5.26 Å². The first-order valence-corrected chi connectivity index (χ1v) is 4.79. The molecule has 0 aromatic rings. The van der Waals surface area contributed by atoms with Crippen LogP contribution >= 0.6 is 0 Å². The van der Waals surface area contributed by atoms with E-state index in [4.69, 9.17) is 5.26 Å². The van der Waals surface area contributed by atoms with Crippen LogP contribution in [0.25, 0.3) is 0 Å². The Kier molecular flexibility index (Phi) is 3.01. The summed E-state index contributed by atoms with van der Waals surface area (Å²) >= 11 is 0. The Morgan fingerprint density at radius 2 is 2.20 bits per heavy atom. The van der Waals surface area contributed by atoms with Gasteiger partial charge in [0.05, 0.1) is 12.1 Å². The van der Waals surface area contributed by atoms with E-state index in [1.54, 1.807) is 7.05 Å². The molecule has 1 aliphatic rings. The molecule has 0 unspecified atom stereocenters. The minimum Gasteiger partial charge on any atom is -0.355 e. The topological polar surface area (TPSA) is 68.2 Å². The number of allylic oxidation sites excluding steroid dienone is 1. The Bertz CT molecular complexity index is 345. The SMILES string of the molecule is CNC(=O)C1=C(C#N)NN(C(C)(C)C)C1. The lowest BCUT2D eigenvalue weighted by molar-refractivity contribution is -0.117. The van der Waals surface area contributed by atoms with Crippen LogP contribution in [0.15, 0.2) is 11.3 Å². The molecule has 0 saturated carbocycles. The van der Waals surface area contributed by atoms with Gasteiger partial charge in [0.2, 0.25) is 0 Å². The van der Waals surface area contributed by atoms with E-state index < -0.39 is 0 Å². The third kappa shape index (κ3) is 2.28. The first kappa shape index (κ1) is 11.5. The molecule has 0 spiro atoms. The van der Waals surface area contributed by atoms with E-state index in [1.165, 1.54) is 0 Å². The highest BCUT2D eigenvalue weighted by atomic mass is 16.1. The molecule has 0 radical (unpaired) electrons. The summed E-state index contributed by atoms with van der Waals surface area (Å²) in [5, 5.41) is 13.3. The number of carbonyl (C=O) groups is 1. The highest BCUT2D eigenvalue weighted by molar-refractivity contribution is 5.95. The van der Waals surface area contributed by atoms with Crippen LogP contribution in [0.5, 0.6) is 0 Å². The van der Waals surface area contributed by atoms with Gasteiger partial charge in [-0.15, -0.1) is 0 Å². The normalized spacial score (nSPS) is 17.3. The summed E-state index contributed by atoms with van der Waals surface area (Å²) < 4.78 is 0. The molecule has 0 saturated heterocycles. The Hall–Kier alpha value is -1.54. The van der Waals surface area contributed by atoms with Crippen LogP contribution < -0.4 is 10.7 Å². The molecule has 0 aliphatic carbocycles. The zero-order valence-electron chi connectivity index (χ0n) is 9.51. The third-order valence-electron chi connectivity index (χ3n) is 2.29. The number of nitrogens with zero attached hydrogens (tertiary/aromatic N) is 2. The number of hydrazine groups is 1. The van der Waals surface area contributed by atoms with Gasteiger partial charge in [0, 0.05) is 12.6 Å². The van der Waals surface area contributed by atoms with Gasteiger partial charge in [-0.1, -0.05) is 0 Å². The van der Waals surface area contributed by atoms with Crippen molar-refractivity contribution in [1.29, 1.82) is 5.26 Å². The van der Waals surface area contributed by atoms with E-state index in [2.05, 4.69) is 10.7 Å². The third-order valence-corrected chi connectivity index (χ3v) is 2.29. The van der Waals surface area contributed by atoms with E-state index in [9.17, 15) is 4.79 Å². The maximum Gasteiger partial charge on any atom is 0.251 e. The lowest BCUT2D eigenvalue weighted by atomic mass is 10.1. The number of hydrogen-bond acceptors (Lipinski definition) is 4. The van der Waals surface area contributed by atoms with Crippen LogP contribution in [-0.2, 0) is 4.79 Å². The summed E-state index contributed by atoms with van der Waals surface area (Å²) in [6.45, 7) is 6.50. The average molecular weight is 208 g/mol. The molecule has 1 heterocycles. The first-order chi connectivity index (χ1) is 6.90. The number of amides is 1. The standard InChI is InChI=1S/C10H16N4O/c1-10(2,3)14-6-7(9(15)12-4)8(5-11)13-14/h13H,6H2,1-4H3,(H,12,15). The Morgan fingerprint density at radius 1 is 1.60 bits per heavy atom. The second-order valence-corrected chi connectivity index (χ2v) is 4.41. The van der Waals surface area contributed by atoms with Crippen molar-refractivity contribution in [2.75, 3.05) is 13.6 Å². The van der Waals surface area contributed by atoms with Crippen LogP contribution in [0.2, 0.25) is 0 Å². The van der Waals surface area contributed by atoms with Crippen molar-refractivity contribution in [3.63, 3.8) is 0 Å². The fraction of sp³-hybridized carbons (Fsp3) is 0.600. The number of likely N-dealkylation sites (N-methyl/N-ethyl adjacent to an activating group) is 1. The van der Waals surface area contributed by atoms with Crippen molar-refractivity contribution in [2.45, 2.75) is 26.3 Å². The molecule has 0 aromatic heterocycles. The van der Waals surface area contributed by atoms with Crippen LogP contribution in [0.3, 0.4) is 0 Å². The summed E-state index contributed by atoms with van der Waals surface area (Å²) in [4.78, 5) is 11.5. The fourth-order valence-corrected chi connectivity index (χ4v) is 1.31. The minimum atomic E-state index is -0.203. The summed E-state index contributed by atoms with van der Waals surface area (Å²) in [6, 6.07) is 2.00. The lowest BCUT2D eigenvalue weighted by Crippen LogP contribution is -2.46. The number of rotatable bonds is 1. The lowest BCUT2D eigenvalue weighted by Gasteiger charge is -2.31. The van der Waals surface area contributed by atoms with Gasteiger partial charge < -0.3 is 10.7 Å². The van der Waals surface area contributed by atoms with Gasteiger partial charge in [0.1, 0.15) is 11.8 Å². The smallest absolute Gasteiger partial charge is 0.251 e. The van der Waals surface area contributed by atoms with E-state index in [0.717, 1.165) is 0 Å². The molecule has 15 heavy (non-hydrogen) atoms. The molecule has 1 rings (SSSR count). The second-order valence-electron chi connectivity index (χ2n) is 4.41. The molecule has 5 heteroatoms. The summed E-state index contributed by atoms with van der Waals surface area (Å²) in [5.41, 5.74) is 3.64. The second kappa shape index (κ2) is 3.91. The summed E-state index contributed by atoms with van der Waals surface area (Å²) in [5.74, 6) is -0.203. The fourth-order valence-electron chi connectivity index (χ4n) is 1.31. The predicted octanol–water partition coefficient (Wildman–Crippen LogP) is 0.129. The van der Waals surface area contributed by atoms with Crippen molar-refractivity contribution < 1.29 is 4.79 Å². The van der Waals surface area contributed by atoms with Crippen molar-refractivity contribution >= 4 is 5.91 Å². The zero-order chi connectivity index (χ0) is 11.6. The highest BCUT2D eigenvalue weighted by Crippen LogP contribution is 2.20. The first-order valence-electron chi connectivity index (χ1n) is 4.79. The maximum absolute atomic E-state index is 11.5. The molecule has 0 atom stereocenters. The van der Waals surface area contributed by atoms with Gasteiger partial charge in [0.15, 0.2) is 0 Å². The van der Waals surface area contributed by atoms with Crippen molar-refractivity contribution in [2.24, 2.45) is 0 Å². The molecule has 2 N–H and O–H groups in total. The number of hydrogen-bond donors (Lipinski definition) is 2. The average Bonchev–Trinajstić information content (AvgIpc) is 2.59. The van der Waals surface area contributed by atoms with E-state index in [-0.39, 0.29) is 11.4 Å². The van der Waals surface area contributed by atoms with Crippen molar-refractivity contribution in [3.8, 4) is 6.07 Å². The van der Waals surface area contributed by atoms with E-state index >= 15 is 0 Å². The van der Waals surface area contributed by atoms with E-state index in [1.807, 2.05) is 31.8 Å². The quantitative estimate of drug-likeness (QED) is 0.642. The molecule has 0 aromatic carbocycles. The zero-order valence-corrected chi connectivity index (χ0v) is 9.51. The maximum atomic E-state index is 11.5. The number of carbonyl (C=O) groups excluding carboxylic acids is 1. The van der Waals surface area contributed by atoms with Crippen LogP contribution in [0.4, 0.5) is 0 Å². The Morgan fingerprint density at radius 3 is 2.60 bits per heavy atom. The molecular formula is C10H16N4O. The number of nitriles is 1. The highest BCUT2D eigenvalue weighted by Gasteiger charge is 2.32.